The number of carbonyl (C=O) groups excluding carboxylic acids is 1. The minimum atomic E-state index is -0.194. The zero-order chi connectivity index (χ0) is 13.0. The topological polar surface area (TPSA) is 66.9 Å². The van der Waals surface area contributed by atoms with Crippen molar-refractivity contribution in [1.29, 1.82) is 0 Å². The zero-order valence-electron chi connectivity index (χ0n) is 10.2. The Morgan fingerprint density at radius 1 is 1.44 bits per heavy atom. The van der Waals surface area contributed by atoms with Crippen LogP contribution >= 0.6 is 11.3 Å². The average Bonchev–Trinajstić information content (AvgIpc) is 2.82. The molecule has 2 N–H and O–H groups in total. The van der Waals surface area contributed by atoms with Crippen LogP contribution in [-0.2, 0) is 6.54 Å². The van der Waals surface area contributed by atoms with Gasteiger partial charge in [-0.2, -0.15) is 0 Å². The van der Waals surface area contributed by atoms with E-state index in [0.717, 1.165) is 9.88 Å². The molecular formula is C12H14N4OS. The van der Waals surface area contributed by atoms with Gasteiger partial charge >= 0.3 is 0 Å². The molecule has 0 atom stereocenters. The van der Waals surface area contributed by atoms with Crippen LogP contribution in [-0.4, -0.2) is 22.9 Å². The summed E-state index contributed by atoms with van der Waals surface area (Å²) in [5.74, 6) is 0.479. The largest absolute Gasteiger partial charge is 0.373 e. The number of amides is 1. The minimum Gasteiger partial charge on any atom is -0.373 e. The normalized spacial score (nSPS) is 10.1. The highest BCUT2D eigenvalue weighted by Gasteiger charge is 2.08. The fourth-order valence-corrected chi connectivity index (χ4v) is 2.16. The monoisotopic (exact) mass is 262 g/mol. The molecule has 18 heavy (non-hydrogen) atoms. The molecule has 0 saturated carbocycles. The van der Waals surface area contributed by atoms with Gasteiger partial charge in [-0.05, 0) is 19.1 Å². The third-order valence-electron chi connectivity index (χ3n) is 2.31. The highest BCUT2D eigenvalue weighted by atomic mass is 32.1. The Kier molecular flexibility index (Phi) is 3.88. The molecule has 0 fully saturated rings. The second-order valence-electron chi connectivity index (χ2n) is 3.71. The molecule has 0 aliphatic carbocycles. The Balaban J connectivity index is 1.99. The molecule has 0 spiro atoms. The van der Waals surface area contributed by atoms with E-state index >= 15 is 0 Å². The quantitative estimate of drug-likeness (QED) is 0.882. The first-order valence-electron chi connectivity index (χ1n) is 5.53. The van der Waals surface area contributed by atoms with Gasteiger partial charge in [0, 0.05) is 18.1 Å². The Bertz CT molecular complexity index is 553. The van der Waals surface area contributed by atoms with Crippen LogP contribution in [0.15, 0.2) is 24.4 Å². The lowest BCUT2D eigenvalue weighted by Gasteiger charge is -2.04. The second-order valence-corrected chi connectivity index (χ2v) is 5.02. The maximum atomic E-state index is 11.9. The summed E-state index contributed by atoms with van der Waals surface area (Å²) in [6.07, 6.45) is 1.80. The van der Waals surface area contributed by atoms with Crippen molar-refractivity contribution >= 4 is 23.1 Å². The lowest BCUT2D eigenvalue weighted by atomic mass is 10.3. The van der Waals surface area contributed by atoms with Gasteiger partial charge in [0.1, 0.15) is 16.5 Å². The summed E-state index contributed by atoms with van der Waals surface area (Å²) >= 11 is 1.57. The van der Waals surface area contributed by atoms with E-state index in [0.29, 0.717) is 18.1 Å². The number of hydrogen-bond donors (Lipinski definition) is 2. The van der Waals surface area contributed by atoms with Crippen LogP contribution in [0.1, 0.15) is 20.4 Å². The first-order chi connectivity index (χ1) is 8.69. The lowest BCUT2D eigenvalue weighted by Crippen LogP contribution is -2.23. The number of rotatable bonds is 4. The molecule has 0 aromatic carbocycles. The summed E-state index contributed by atoms with van der Waals surface area (Å²) in [5, 5.41) is 6.59. The van der Waals surface area contributed by atoms with E-state index in [1.54, 1.807) is 42.8 Å². The molecule has 1 amide bonds. The molecule has 0 saturated heterocycles. The van der Waals surface area contributed by atoms with Crippen LogP contribution < -0.4 is 10.6 Å². The summed E-state index contributed by atoms with van der Waals surface area (Å²) in [5.41, 5.74) is 0.398. The zero-order valence-corrected chi connectivity index (χ0v) is 11.0. The predicted octanol–water partition coefficient (Wildman–Crippen LogP) is 1.82. The van der Waals surface area contributed by atoms with Crippen molar-refractivity contribution < 1.29 is 4.79 Å². The first kappa shape index (κ1) is 12.5. The highest BCUT2D eigenvalue weighted by Crippen LogP contribution is 2.11. The summed E-state index contributed by atoms with van der Waals surface area (Å²) in [4.78, 5) is 21.4. The third kappa shape index (κ3) is 3.04. The van der Waals surface area contributed by atoms with E-state index in [1.165, 1.54) is 0 Å². The number of aromatic nitrogens is 2. The number of carbonyl (C=O) groups is 1. The molecule has 2 aromatic heterocycles. The van der Waals surface area contributed by atoms with Gasteiger partial charge in [-0.1, -0.05) is 6.07 Å². The number of aryl methyl sites for hydroxylation is 1. The van der Waals surface area contributed by atoms with Crippen LogP contribution in [0.4, 0.5) is 5.82 Å². The van der Waals surface area contributed by atoms with Crippen molar-refractivity contribution in [2.45, 2.75) is 13.5 Å². The number of nitrogens with one attached hydrogen (secondary N) is 2. The van der Waals surface area contributed by atoms with Crippen molar-refractivity contribution in [2.24, 2.45) is 0 Å². The molecule has 0 bridgehead atoms. The molecule has 6 heteroatoms. The Morgan fingerprint density at radius 3 is 2.94 bits per heavy atom. The predicted molar refractivity (Wildman–Crippen MR) is 71.8 cm³/mol. The molecule has 5 nitrogen and oxygen atoms in total. The summed E-state index contributed by atoms with van der Waals surface area (Å²) in [6, 6.07) is 5.28. The van der Waals surface area contributed by atoms with E-state index in [2.05, 4.69) is 20.6 Å². The number of thiazole rings is 1. The molecule has 0 aliphatic heterocycles. The van der Waals surface area contributed by atoms with Crippen LogP contribution in [0.5, 0.6) is 0 Å². The first-order valence-corrected chi connectivity index (χ1v) is 6.35. The van der Waals surface area contributed by atoms with Gasteiger partial charge < -0.3 is 10.6 Å². The van der Waals surface area contributed by atoms with E-state index in [4.69, 9.17) is 0 Å². The van der Waals surface area contributed by atoms with Gasteiger partial charge in [-0.3, -0.25) is 4.79 Å². The van der Waals surface area contributed by atoms with E-state index in [9.17, 15) is 4.79 Å². The SMILES string of the molecule is CNc1cccc(C(=O)NCc2ncc(C)s2)n1. The van der Waals surface area contributed by atoms with Crippen LogP contribution in [0.3, 0.4) is 0 Å². The van der Waals surface area contributed by atoms with Crippen molar-refractivity contribution in [1.82, 2.24) is 15.3 Å². The van der Waals surface area contributed by atoms with Gasteiger partial charge in [0.05, 0.1) is 6.54 Å². The molecule has 0 radical (unpaired) electrons. The smallest absolute Gasteiger partial charge is 0.270 e. The average molecular weight is 262 g/mol. The fourth-order valence-electron chi connectivity index (χ4n) is 1.43. The van der Waals surface area contributed by atoms with E-state index in [-0.39, 0.29) is 5.91 Å². The van der Waals surface area contributed by atoms with Crippen molar-refractivity contribution in [2.75, 3.05) is 12.4 Å². The molecule has 2 heterocycles. The maximum Gasteiger partial charge on any atom is 0.270 e. The second kappa shape index (κ2) is 5.59. The van der Waals surface area contributed by atoms with Gasteiger partial charge in [-0.25, -0.2) is 9.97 Å². The van der Waals surface area contributed by atoms with Crippen LogP contribution in [0, 0.1) is 6.92 Å². The van der Waals surface area contributed by atoms with Gasteiger partial charge in [0.25, 0.3) is 5.91 Å². The maximum absolute atomic E-state index is 11.9. The van der Waals surface area contributed by atoms with Crippen molar-refractivity contribution in [3.63, 3.8) is 0 Å². The van der Waals surface area contributed by atoms with E-state index < -0.39 is 0 Å². The standard InChI is InChI=1S/C12H14N4OS/c1-8-6-14-11(18-8)7-15-12(17)9-4-3-5-10(13-2)16-9/h3-6H,7H2,1-2H3,(H,13,16)(H,15,17). The van der Waals surface area contributed by atoms with Crippen molar-refractivity contribution in [3.8, 4) is 0 Å². The molecule has 0 aliphatic rings. The Hall–Kier alpha value is -1.95. The van der Waals surface area contributed by atoms with Crippen LogP contribution in [0.2, 0.25) is 0 Å². The van der Waals surface area contributed by atoms with Gasteiger partial charge in [0.2, 0.25) is 0 Å². The number of anilines is 1. The van der Waals surface area contributed by atoms with Gasteiger partial charge in [0.15, 0.2) is 0 Å². The Labute approximate surface area is 109 Å². The van der Waals surface area contributed by atoms with Crippen LogP contribution in [0.25, 0.3) is 0 Å². The highest BCUT2D eigenvalue weighted by molar-refractivity contribution is 7.11. The van der Waals surface area contributed by atoms with Gasteiger partial charge in [-0.15, -0.1) is 11.3 Å². The third-order valence-corrected chi connectivity index (χ3v) is 3.22. The number of nitrogens with zero attached hydrogens (tertiary/aromatic N) is 2. The minimum absolute atomic E-state index is 0.194. The molecule has 94 valence electrons. The number of pyridine rings is 1. The fraction of sp³-hybridized carbons (Fsp3) is 0.250. The molecule has 2 rings (SSSR count). The summed E-state index contributed by atoms with van der Waals surface area (Å²) in [7, 11) is 1.77. The summed E-state index contributed by atoms with van der Waals surface area (Å²) < 4.78 is 0. The Morgan fingerprint density at radius 2 is 2.28 bits per heavy atom. The van der Waals surface area contributed by atoms with Crippen molar-refractivity contribution in [3.05, 3.63) is 40.0 Å². The number of hydrogen-bond acceptors (Lipinski definition) is 5. The molecule has 0 unspecified atom stereocenters. The lowest BCUT2D eigenvalue weighted by molar-refractivity contribution is 0.0946. The van der Waals surface area contributed by atoms with E-state index in [1.807, 2.05) is 6.92 Å². The molecule has 2 aromatic rings. The molecular weight excluding hydrogens is 248 g/mol. The summed E-state index contributed by atoms with van der Waals surface area (Å²) in [6.45, 7) is 2.42.